The summed E-state index contributed by atoms with van der Waals surface area (Å²) in [5.74, 6) is 1.18. The van der Waals surface area contributed by atoms with Crippen LogP contribution >= 0.6 is 11.3 Å². The second-order valence-electron chi connectivity index (χ2n) is 7.23. The Hall–Kier alpha value is -2.64. The van der Waals surface area contributed by atoms with Gasteiger partial charge in [-0.3, -0.25) is 9.69 Å². The zero-order chi connectivity index (χ0) is 21.0. The first-order valence-electron chi connectivity index (χ1n) is 9.64. The summed E-state index contributed by atoms with van der Waals surface area (Å²) in [6, 6.07) is 11.3. The summed E-state index contributed by atoms with van der Waals surface area (Å²) in [5, 5.41) is 0.678. The van der Waals surface area contributed by atoms with Crippen molar-refractivity contribution in [2.24, 2.45) is 0 Å². The van der Waals surface area contributed by atoms with Crippen molar-refractivity contribution in [3.8, 4) is 11.5 Å². The molecule has 0 bridgehead atoms. The summed E-state index contributed by atoms with van der Waals surface area (Å²) in [5.41, 5.74) is 2.45. The fourth-order valence-corrected chi connectivity index (χ4v) is 4.30. The van der Waals surface area contributed by atoms with Gasteiger partial charge in [-0.2, -0.15) is 0 Å². The Morgan fingerprint density at radius 1 is 1.10 bits per heavy atom. The number of nitrogens with one attached hydrogen (secondary N) is 1. The number of aromatic nitrogens is 1. The van der Waals surface area contributed by atoms with Gasteiger partial charge in [0.2, 0.25) is 0 Å². The molecular formula is C22H28N3O3S+. The van der Waals surface area contributed by atoms with Gasteiger partial charge in [0.15, 0.2) is 5.13 Å². The standard InChI is InChI=1S/C22H27N3O3S/c1-15-11-12-18(28-5)19-20(15)29-22(23-19)25(14-8-13-24(2)3)21(26)16-9-6-7-10-17(16)27-4/h6-7,9-12H,8,13-14H2,1-5H3/p+1. The summed E-state index contributed by atoms with van der Waals surface area (Å²) in [6.45, 7) is 3.59. The molecule has 0 saturated heterocycles. The number of amides is 1. The van der Waals surface area contributed by atoms with Crippen molar-refractivity contribution in [1.82, 2.24) is 4.98 Å². The number of fused-ring (bicyclic) bond motifs is 1. The van der Waals surface area contributed by atoms with Gasteiger partial charge in [-0.05, 0) is 30.7 Å². The highest BCUT2D eigenvalue weighted by Crippen LogP contribution is 2.37. The van der Waals surface area contributed by atoms with E-state index in [4.69, 9.17) is 14.5 Å². The third-order valence-corrected chi connectivity index (χ3v) is 6.00. The van der Waals surface area contributed by atoms with Crippen LogP contribution in [-0.4, -0.2) is 52.3 Å². The van der Waals surface area contributed by atoms with E-state index in [-0.39, 0.29) is 5.91 Å². The van der Waals surface area contributed by atoms with E-state index < -0.39 is 0 Å². The number of hydrogen-bond acceptors (Lipinski definition) is 5. The molecule has 6 nitrogen and oxygen atoms in total. The van der Waals surface area contributed by atoms with Gasteiger partial charge in [0, 0.05) is 13.0 Å². The Bertz CT molecular complexity index is 1000. The van der Waals surface area contributed by atoms with E-state index in [1.54, 1.807) is 31.3 Å². The number of carbonyl (C=O) groups is 1. The van der Waals surface area contributed by atoms with Crippen LogP contribution in [0.3, 0.4) is 0 Å². The fraction of sp³-hybridized carbons (Fsp3) is 0.364. The molecule has 0 spiro atoms. The van der Waals surface area contributed by atoms with Crippen molar-refractivity contribution in [1.29, 1.82) is 0 Å². The number of ether oxygens (including phenoxy) is 2. The van der Waals surface area contributed by atoms with Crippen LogP contribution in [-0.2, 0) is 0 Å². The Morgan fingerprint density at radius 3 is 2.52 bits per heavy atom. The van der Waals surface area contributed by atoms with Crippen LogP contribution in [0.1, 0.15) is 22.3 Å². The lowest BCUT2D eigenvalue weighted by Crippen LogP contribution is -3.05. The molecule has 7 heteroatoms. The molecule has 0 fully saturated rings. The minimum atomic E-state index is -0.105. The normalized spacial score (nSPS) is 11.1. The first-order valence-corrected chi connectivity index (χ1v) is 10.5. The Morgan fingerprint density at radius 2 is 1.83 bits per heavy atom. The average Bonchev–Trinajstić information content (AvgIpc) is 3.17. The number of thiazole rings is 1. The van der Waals surface area contributed by atoms with Crippen LogP contribution < -0.4 is 19.3 Å². The van der Waals surface area contributed by atoms with Gasteiger partial charge in [-0.25, -0.2) is 4.98 Å². The molecule has 1 amide bonds. The first kappa shape index (κ1) is 21.1. The number of nitrogens with zero attached hydrogens (tertiary/aromatic N) is 2. The van der Waals surface area contributed by atoms with Crippen molar-refractivity contribution >= 4 is 32.6 Å². The SMILES string of the molecule is COc1ccccc1C(=O)N(CCC[NH+](C)C)c1nc2c(OC)ccc(C)c2s1. The van der Waals surface area contributed by atoms with Crippen LogP contribution in [0.25, 0.3) is 10.2 Å². The maximum absolute atomic E-state index is 13.5. The van der Waals surface area contributed by atoms with Crippen molar-refractivity contribution in [3.63, 3.8) is 0 Å². The lowest BCUT2D eigenvalue weighted by molar-refractivity contribution is -0.858. The van der Waals surface area contributed by atoms with Gasteiger partial charge in [0.05, 0.1) is 45.1 Å². The second-order valence-corrected chi connectivity index (χ2v) is 8.20. The third kappa shape index (κ3) is 4.52. The molecule has 3 aromatic rings. The minimum Gasteiger partial charge on any atom is -0.496 e. The highest BCUT2D eigenvalue weighted by molar-refractivity contribution is 7.22. The molecule has 154 valence electrons. The molecule has 0 aliphatic heterocycles. The lowest BCUT2D eigenvalue weighted by atomic mass is 10.1. The minimum absolute atomic E-state index is 0.105. The third-order valence-electron chi connectivity index (χ3n) is 4.78. The Balaban J connectivity index is 2.04. The number of benzene rings is 2. The van der Waals surface area contributed by atoms with E-state index in [0.29, 0.717) is 23.0 Å². The molecule has 0 atom stereocenters. The molecule has 1 N–H and O–H groups in total. The van der Waals surface area contributed by atoms with Crippen molar-refractivity contribution in [3.05, 3.63) is 47.5 Å². The Labute approximate surface area is 175 Å². The molecule has 1 aromatic heterocycles. The predicted molar refractivity (Wildman–Crippen MR) is 118 cm³/mol. The number of anilines is 1. The number of methoxy groups -OCH3 is 2. The number of rotatable bonds is 8. The smallest absolute Gasteiger partial charge is 0.263 e. The van der Waals surface area contributed by atoms with Gasteiger partial charge >= 0.3 is 0 Å². The summed E-state index contributed by atoms with van der Waals surface area (Å²) < 4.78 is 11.9. The van der Waals surface area contributed by atoms with Crippen LogP contribution in [0.5, 0.6) is 11.5 Å². The van der Waals surface area contributed by atoms with Crippen LogP contribution in [0.2, 0.25) is 0 Å². The van der Waals surface area contributed by atoms with E-state index in [1.165, 1.54) is 16.2 Å². The van der Waals surface area contributed by atoms with E-state index in [2.05, 4.69) is 14.1 Å². The molecule has 2 aromatic carbocycles. The number of aryl methyl sites for hydroxylation is 1. The maximum atomic E-state index is 13.5. The van der Waals surface area contributed by atoms with E-state index >= 15 is 0 Å². The van der Waals surface area contributed by atoms with Gasteiger partial charge in [0.25, 0.3) is 5.91 Å². The van der Waals surface area contributed by atoms with Crippen LogP contribution in [0, 0.1) is 6.92 Å². The fourth-order valence-electron chi connectivity index (χ4n) is 3.22. The molecule has 1 heterocycles. The molecule has 0 saturated carbocycles. The molecular weight excluding hydrogens is 386 g/mol. The zero-order valence-corrected chi connectivity index (χ0v) is 18.4. The highest BCUT2D eigenvalue weighted by atomic mass is 32.1. The highest BCUT2D eigenvalue weighted by Gasteiger charge is 2.25. The summed E-state index contributed by atoms with van der Waals surface area (Å²) in [7, 11) is 7.44. The van der Waals surface area contributed by atoms with Crippen molar-refractivity contribution in [2.45, 2.75) is 13.3 Å². The first-order chi connectivity index (χ1) is 14.0. The molecule has 0 radical (unpaired) electrons. The zero-order valence-electron chi connectivity index (χ0n) is 17.6. The predicted octanol–water partition coefficient (Wildman–Crippen LogP) is 2.80. The van der Waals surface area contributed by atoms with Crippen molar-refractivity contribution < 1.29 is 19.2 Å². The molecule has 0 unspecified atom stereocenters. The lowest BCUT2D eigenvalue weighted by Gasteiger charge is -2.21. The van der Waals surface area contributed by atoms with Crippen LogP contribution in [0.4, 0.5) is 5.13 Å². The van der Waals surface area contributed by atoms with Crippen LogP contribution in [0.15, 0.2) is 36.4 Å². The number of carbonyl (C=O) groups excluding carboxylic acids is 1. The largest absolute Gasteiger partial charge is 0.496 e. The monoisotopic (exact) mass is 414 g/mol. The molecule has 3 rings (SSSR count). The second kappa shape index (κ2) is 9.24. The maximum Gasteiger partial charge on any atom is 0.263 e. The summed E-state index contributed by atoms with van der Waals surface area (Å²) >= 11 is 1.52. The summed E-state index contributed by atoms with van der Waals surface area (Å²) in [4.78, 5) is 21.4. The summed E-state index contributed by atoms with van der Waals surface area (Å²) in [6.07, 6.45) is 0.870. The number of hydrogen-bond donors (Lipinski definition) is 1. The van der Waals surface area contributed by atoms with Gasteiger partial charge in [-0.15, -0.1) is 0 Å². The van der Waals surface area contributed by atoms with Gasteiger partial charge in [-0.1, -0.05) is 29.5 Å². The number of quaternary nitrogens is 1. The van der Waals surface area contributed by atoms with E-state index in [0.717, 1.165) is 34.5 Å². The number of para-hydroxylation sites is 1. The van der Waals surface area contributed by atoms with Gasteiger partial charge in [0.1, 0.15) is 17.0 Å². The van der Waals surface area contributed by atoms with E-state index in [1.807, 2.05) is 31.2 Å². The molecule has 0 aliphatic carbocycles. The quantitative estimate of drug-likeness (QED) is 0.616. The van der Waals surface area contributed by atoms with E-state index in [9.17, 15) is 4.79 Å². The molecule has 0 aliphatic rings. The van der Waals surface area contributed by atoms with Gasteiger partial charge < -0.3 is 14.4 Å². The van der Waals surface area contributed by atoms with Crippen molar-refractivity contribution in [2.75, 3.05) is 46.3 Å². The average molecular weight is 415 g/mol. The Kier molecular flexibility index (Phi) is 6.71. The topological polar surface area (TPSA) is 56.1 Å². The molecule has 29 heavy (non-hydrogen) atoms.